The standard InChI is InChI=1S/C22H31N3O/c1-14(2)8-17(23)13-26-22-10-21-20(9-19(22)15(3)4)18-6-7-24-11-16(18)12-25(21)5/h6-7,9-11,14-15,17H,8,12-13,23H2,1-5H3/t17-/m0/s1. The van der Waals surface area contributed by atoms with Gasteiger partial charge in [0.2, 0.25) is 0 Å². The summed E-state index contributed by atoms with van der Waals surface area (Å²) in [5.41, 5.74) is 12.5. The van der Waals surface area contributed by atoms with Gasteiger partial charge in [0.1, 0.15) is 12.4 Å². The third-order valence-electron chi connectivity index (χ3n) is 4.99. The molecule has 2 heterocycles. The minimum Gasteiger partial charge on any atom is -0.492 e. The molecule has 1 atom stereocenters. The fourth-order valence-corrected chi connectivity index (χ4v) is 3.72. The van der Waals surface area contributed by atoms with Crippen LogP contribution in [0, 0.1) is 5.92 Å². The summed E-state index contributed by atoms with van der Waals surface area (Å²) in [4.78, 5) is 6.56. The molecule has 0 aliphatic carbocycles. The molecule has 0 saturated heterocycles. The zero-order chi connectivity index (χ0) is 18.8. The minimum atomic E-state index is 0.0653. The second kappa shape index (κ2) is 7.67. The summed E-state index contributed by atoms with van der Waals surface area (Å²) < 4.78 is 6.20. The molecule has 0 spiro atoms. The average molecular weight is 354 g/mol. The van der Waals surface area contributed by atoms with Gasteiger partial charge in [0.15, 0.2) is 0 Å². The first kappa shape index (κ1) is 18.7. The number of ether oxygens (including phenoxy) is 1. The summed E-state index contributed by atoms with van der Waals surface area (Å²) >= 11 is 0. The minimum absolute atomic E-state index is 0.0653. The van der Waals surface area contributed by atoms with Crippen molar-refractivity contribution in [3.8, 4) is 16.9 Å². The second-order valence-corrected chi connectivity index (χ2v) is 8.15. The Morgan fingerprint density at radius 2 is 1.96 bits per heavy atom. The fourth-order valence-electron chi connectivity index (χ4n) is 3.72. The molecule has 0 amide bonds. The zero-order valence-electron chi connectivity index (χ0n) is 16.6. The van der Waals surface area contributed by atoms with Crippen molar-refractivity contribution in [2.45, 2.75) is 52.6 Å². The van der Waals surface area contributed by atoms with Gasteiger partial charge >= 0.3 is 0 Å². The number of anilines is 1. The highest BCUT2D eigenvalue weighted by Gasteiger charge is 2.23. The maximum atomic E-state index is 6.23. The Balaban J connectivity index is 1.96. The van der Waals surface area contributed by atoms with Gasteiger partial charge in [-0.1, -0.05) is 27.7 Å². The van der Waals surface area contributed by atoms with E-state index in [2.05, 4.69) is 62.8 Å². The molecule has 4 heteroatoms. The summed E-state index contributed by atoms with van der Waals surface area (Å²) in [5, 5.41) is 0. The maximum absolute atomic E-state index is 6.23. The number of nitrogens with two attached hydrogens (primary N) is 1. The van der Waals surface area contributed by atoms with Crippen LogP contribution in [0.5, 0.6) is 5.75 Å². The van der Waals surface area contributed by atoms with Crippen LogP contribution < -0.4 is 15.4 Å². The molecule has 0 fully saturated rings. The third kappa shape index (κ3) is 3.85. The predicted octanol–water partition coefficient (Wildman–Crippen LogP) is 4.57. The number of aromatic nitrogens is 1. The number of fused-ring (bicyclic) bond motifs is 3. The van der Waals surface area contributed by atoms with E-state index in [1.54, 1.807) is 0 Å². The Bertz CT molecular complexity index is 770. The monoisotopic (exact) mass is 353 g/mol. The van der Waals surface area contributed by atoms with Gasteiger partial charge in [-0.2, -0.15) is 0 Å². The summed E-state index contributed by atoms with van der Waals surface area (Å²) in [7, 11) is 2.12. The molecule has 1 aliphatic rings. The lowest BCUT2D eigenvalue weighted by Gasteiger charge is -2.31. The summed E-state index contributed by atoms with van der Waals surface area (Å²) in [6.45, 7) is 10.2. The van der Waals surface area contributed by atoms with E-state index < -0.39 is 0 Å². The lowest BCUT2D eigenvalue weighted by atomic mass is 9.90. The molecule has 2 N–H and O–H groups in total. The molecule has 0 unspecified atom stereocenters. The fraction of sp³-hybridized carbons (Fsp3) is 0.500. The molecule has 0 saturated carbocycles. The van der Waals surface area contributed by atoms with Crippen LogP contribution in [0.15, 0.2) is 30.6 Å². The van der Waals surface area contributed by atoms with Crippen LogP contribution >= 0.6 is 0 Å². The third-order valence-corrected chi connectivity index (χ3v) is 4.99. The second-order valence-electron chi connectivity index (χ2n) is 8.15. The SMILES string of the molecule is CC(C)C[C@H](N)COc1cc2c(cc1C(C)C)-c1ccncc1CN2C. The van der Waals surface area contributed by atoms with E-state index in [-0.39, 0.29) is 6.04 Å². The maximum Gasteiger partial charge on any atom is 0.124 e. The van der Waals surface area contributed by atoms with Crippen molar-refractivity contribution >= 4 is 5.69 Å². The van der Waals surface area contributed by atoms with Crippen molar-refractivity contribution in [2.24, 2.45) is 11.7 Å². The number of rotatable bonds is 6. The number of hydrogen-bond acceptors (Lipinski definition) is 4. The number of hydrogen-bond donors (Lipinski definition) is 1. The molecule has 3 rings (SSSR count). The van der Waals surface area contributed by atoms with E-state index >= 15 is 0 Å². The molecule has 0 bridgehead atoms. The van der Waals surface area contributed by atoms with Crippen LogP contribution in [0.1, 0.15) is 51.2 Å². The van der Waals surface area contributed by atoms with Gasteiger partial charge in [-0.25, -0.2) is 0 Å². The number of benzene rings is 1. The molecular weight excluding hydrogens is 322 g/mol. The van der Waals surface area contributed by atoms with Crippen LogP contribution in [0.25, 0.3) is 11.1 Å². The lowest BCUT2D eigenvalue weighted by molar-refractivity contribution is 0.268. The quantitative estimate of drug-likeness (QED) is 0.826. The smallest absolute Gasteiger partial charge is 0.124 e. The first-order valence-electron chi connectivity index (χ1n) is 9.57. The van der Waals surface area contributed by atoms with Gasteiger partial charge in [-0.05, 0) is 47.1 Å². The Labute approximate surface area is 157 Å². The Hall–Kier alpha value is -2.07. The lowest BCUT2D eigenvalue weighted by Crippen LogP contribution is -2.29. The molecule has 2 aromatic rings. The number of pyridine rings is 1. The van der Waals surface area contributed by atoms with E-state index in [1.165, 1.54) is 27.9 Å². The highest BCUT2D eigenvalue weighted by atomic mass is 16.5. The van der Waals surface area contributed by atoms with Crippen molar-refractivity contribution in [3.63, 3.8) is 0 Å². The molecule has 1 aromatic carbocycles. The van der Waals surface area contributed by atoms with E-state index in [0.29, 0.717) is 18.4 Å². The Morgan fingerprint density at radius 1 is 1.19 bits per heavy atom. The average Bonchev–Trinajstić information content (AvgIpc) is 2.58. The van der Waals surface area contributed by atoms with Gasteiger partial charge in [-0.15, -0.1) is 0 Å². The molecule has 1 aliphatic heterocycles. The Kier molecular flexibility index (Phi) is 5.52. The summed E-state index contributed by atoms with van der Waals surface area (Å²) in [6.07, 6.45) is 4.82. The van der Waals surface area contributed by atoms with Gasteiger partial charge < -0.3 is 15.4 Å². The predicted molar refractivity (Wildman–Crippen MR) is 109 cm³/mol. The summed E-state index contributed by atoms with van der Waals surface area (Å²) in [5.74, 6) is 1.93. The van der Waals surface area contributed by atoms with Gasteiger partial charge in [0, 0.05) is 49.3 Å². The van der Waals surface area contributed by atoms with Crippen molar-refractivity contribution in [2.75, 3.05) is 18.6 Å². The van der Waals surface area contributed by atoms with Crippen LogP contribution in [0.3, 0.4) is 0 Å². The molecule has 0 radical (unpaired) electrons. The zero-order valence-corrected chi connectivity index (χ0v) is 16.6. The first-order chi connectivity index (χ1) is 12.4. The molecule has 140 valence electrons. The van der Waals surface area contributed by atoms with Gasteiger partial charge in [-0.3, -0.25) is 4.98 Å². The molecular formula is C22H31N3O. The van der Waals surface area contributed by atoms with Crippen molar-refractivity contribution < 1.29 is 4.74 Å². The summed E-state index contributed by atoms with van der Waals surface area (Å²) in [6, 6.07) is 6.66. The Morgan fingerprint density at radius 3 is 2.65 bits per heavy atom. The van der Waals surface area contributed by atoms with E-state index in [1.807, 2.05) is 12.4 Å². The largest absolute Gasteiger partial charge is 0.492 e. The van der Waals surface area contributed by atoms with Crippen LogP contribution in [0.2, 0.25) is 0 Å². The van der Waals surface area contributed by atoms with Crippen molar-refractivity contribution in [1.82, 2.24) is 4.98 Å². The normalized spacial score (nSPS) is 14.4. The molecule has 4 nitrogen and oxygen atoms in total. The van der Waals surface area contributed by atoms with Crippen molar-refractivity contribution in [1.29, 1.82) is 0 Å². The molecule has 1 aromatic heterocycles. The number of nitrogens with zero attached hydrogens (tertiary/aromatic N) is 2. The molecule has 26 heavy (non-hydrogen) atoms. The highest BCUT2D eigenvalue weighted by Crippen LogP contribution is 2.43. The first-order valence-corrected chi connectivity index (χ1v) is 9.57. The van der Waals surface area contributed by atoms with Crippen LogP contribution in [-0.2, 0) is 6.54 Å². The van der Waals surface area contributed by atoms with Crippen LogP contribution in [-0.4, -0.2) is 24.7 Å². The van der Waals surface area contributed by atoms with E-state index in [0.717, 1.165) is 18.7 Å². The van der Waals surface area contributed by atoms with Crippen LogP contribution in [0.4, 0.5) is 5.69 Å². The van der Waals surface area contributed by atoms with Gasteiger partial charge in [0.05, 0.1) is 0 Å². The van der Waals surface area contributed by atoms with E-state index in [4.69, 9.17) is 10.5 Å². The topological polar surface area (TPSA) is 51.4 Å². The van der Waals surface area contributed by atoms with Gasteiger partial charge in [0.25, 0.3) is 0 Å². The van der Waals surface area contributed by atoms with Crippen molar-refractivity contribution in [3.05, 3.63) is 41.7 Å². The highest BCUT2D eigenvalue weighted by molar-refractivity contribution is 5.85. The van der Waals surface area contributed by atoms with E-state index in [9.17, 15) is 0 Å².